The number of ether oxygens (including phenoxy) is 1. The third kappa shape index (κ3) is 3.62. The van der Waals surface area contributed by atoms with E-state index in [1.54, 1.807) is 7.11 Å². The van der Waals surface area contributed by atoms with Crippen molar-refractivity contribution in [3.8, 4) is 5.75 Å². The average Bonchev–Trinajstić information content (AvgIpc) is 2.80. The fraction of sp³-hybridized carbons (Fsp3) is 0.421. The van der Waals surface area contributed by atoms with Gasteiger partial charge < -0.3 is 19.4 Å². The predicted octanol–water partition coefficient (Wildman–Crippen LogP) is 3.25. The largest absolute Gasteiger partial charge is 0.496 e. The molecule has 0 spiro atoms. The van der Waals surface area contributed by atoms with Crippen LogP contribution in [0.4, 0.5) is 0 Å². The summed E-state index contributed by atoms with van der Waals surface area (Å²) in [6.45, 7) is 6.08. The van der Waals surface area contributed by atoms with E-state index in [1.165, 1.54) is 0 Å². The quantitative estimate of drug-likeness (QED) is 0.883. The number of benzene rings is 1. The Balaban J connectivity index is 2.19. The minimum atomic E-state index is -0.108. The molecule has 1 unspecified atom stereocenters. The predicted molar refractivity (Wildman–Crippen MR) is 94.7 cm³/mol. The minimum Gasteiger partial charge on any atom is -0.496 e. The van der Waals surface area contributed by atoms with E-state index in [1.807, 2.05) is 59.1 Å². The van der Waals surface area contributed by atoms with E-state index in [9.17, 15) is 4.79 Å². The third-order valence-corrected chi connectivity index (χ3v) is 4.37. The monoisotopic (exact) mass is 330 g/mol. The van der Waals surface area contributed by atoms with Crippen molar-refractivity contribution >= 4 is 5.91 Å². The van der Waals surface area contributed by atoms with Gasteiger partial charge in [-0.05, 0) is 40.9 Å². The first-order chi connectivity index (χ1) is 11.4. The second-order valence-corrected chi connectivity index (χ2v) is 6.15. The highest BCUT2D eigenvalue weighted by atomic mass is 16.5. The maximum atomic E-state index is 12.6. The zero-order valence-electron chi connectivity index (χ0n) is 15.3. The zero-order chi connectivity index (χ0) is 17.9. The fourth-order valence-corrected chi connectivity index (χ4v) is 2.92. The number of likely N-dealkylation sites (N-methyl/N-ethyl adjacent to an activating group) is 1. The van der Waals surface area contributed by atoms with Crippen LogP contribution in [0.2, 0.25) is 0 Å². The van der Waals surface area contributed by atoms with Gasteiger partial charge in [-0.1, -0.05) is 18.2 Å². The Morgan fingerprint density at radius 2 is 1.88 bits per heavy atom. The molecule has 1 N–H and O–H groups in total. The van der Waals surface area contributed by atoms with E-state index in [0.717, 1.165) is 22.6 Å². The van der Waals surface area contributed by atoms with Gasteiger partial charge in [-0.25, -0.2) is 0 Å². The Morgan fingerprint density at radius 3 is 2.42 bits per heavy atom. The number of hydrogen-bond acceptors (Lipinski definition) is 4. The van der Waals surface area contributed by atoms with Crippen LogP contribution in [0.3, 0.4) is 0 Å². The van der Waals surface area contributed by atoms with Crippen LogP contribution in [0.5, 0.6) is 5.75 Å². The summed E-state index contributed by atoms with van der Waals surface area (Å²) in [5, 5.41) is 3.03. The molecule has 0 aliphatic rings. The van der Waals surface area contributed by atoms with Crippen LogP contribution in [0.25, 0.3) is 0 Å². The van der Waals surface area contributed by atoms with Crippen LogP contribution in [-0.4, -0.2) is 38.6 Å². The molecule has 5 nitrogen and oxygen atoms in total. The van der Waals surface area contributed by atoms with Crippen LogP contribution in [0.1, 0.15) is 39.0 Å². The SMILES string of the molecule is COc1ccccc1C(CNC(=O)c1c(C)oc(C)c1C)N(C)C. The van der Waals surface area contributed by atoms with Crippen molar-refractivity contribution < 1.29 is 13.9 Å². The number of nitrogens with zero attached hydrogens (tertiary/aromatic N) is 1. The number of amides is 1. The van der Waals surface area contributed by atoms with Gasteiger partial charge >= 0.3 is 0 Å². The number of carbonyl (C=O) groups excluding carboxylic acids is 1. The summed E-state index contributed by atoms with van der Waals surface area (Å²) in [7, 11) is 5.63. The second kappa shape index (κ2) is 7.53. The lowest BCUT2D eigenvalue weighted by Gasteiger charge is -2.26. The number of nitrogens with one attached hydrogen (secondary N) is 1. The normalized spacial score (nSPS) is 12.3. The molecular weight excluding hydrogens is 304 g/mol. The molecule has 2 aromatic rings. The highest BCUT2D eigenvalue weighted by Gasteiger charge is 2.22. The summed E-state index contributed by atoms with van der Waals surface area (Å²) in [5.41, 5.74) is 2.57. The van der Waals surface area contributed by atoms with Crippen LogP contribution in [0.15, 0.2) is 28.7 Å². The van der Waals surface area contributed by atoms with Crippen LogP contribution in [0, 0.1) is 20.8 Å². The molecule has 1 aromatic carbocycles. The molecule has 0 saturated carbocycles. The molecule has 1 atom stereocenters. The summed E-state index contributed by atoms with van der Waals surface area (Å²) in [5.74, 6) is 2.15. The van der Waals surface area contributed by atoms with Crippen molar-refractivity contribution in [2.24, 2.45) is 0 Å². The molecule has 0 bridgehead atoms. The number of hydrogen-bond donors (Lipinski definition) is 1. The molecule has 0 aliphatic heterocycles. The minimum absolute atomic E-state index is 0.0127. The van der Waals surface area contributed by atoms with Crippen molar-refractivity contribution in [2.75, 3.05) is 27.7 Å². The Hall–Kier alpha value is -2.27. The first-order valence-electron chi connectivity index (χ1n) is 8.01. The molecule has 2 rings (SSSR count). The molecule has 130 valence electrons. The van der Waals surface area contributed by atoms with E-state index < -0.39 is 0 Å². The summed E-state index contributed by atoms with van der Waals surface area (Å²) in [6, 6.07) is 7.88. The Bertz CT molecular complexity index is 719. The van der Waals surface area contributed by atoms with Crippen LogP contribution in [-0.2, 0) is 0 Å². The first kappa shape index (κ1) is 18.1. The number of para-hydroxylation sites is 1. The molecular formula is C19H26N2O3. The van der Waals surface area contributed by atoms with Crippen molar-refractivity contribution in [3.05, 3.63) is 52.5 Å². The fourth-order valence-electron chi connectivity index (χ4n) is 2.92. The van der Waals surface area contributed by atoms with Crippen molar-refractivity contribution in [2.45, 2.75) is 26.8 Å². The summed E-state index contributed by atoms with van der Waals surface area (Å²) < 4.78 is 11.0. The lowest BCUT2D eigenvalue weighted by atomic mass is 10.0. The molecule has 0 aliphatic carbocycles. The maximum absolute atomic E-state index is 12.6. The second-order valence-electron chi connectivity index (χ2n) is 6.15. The zero-order valence-corrected chi connectivity index (χ0v) is 15.3. The first-order valence-corrected chi connectivity index (χ1v) is 8.01. The molecule has 0 fully saturated rings. The highest BCUT2D eigenvalue weighted by Crippen LogP contribution is 2.27. The molecule has 24 heavy (non-hydrogen) atoms. The van der Waals surface area contributed by atoms with E-state index >= 15 is 0 Å². The van der Waals surface area contributed by atoms with Gasteiger partial charge in [0.2, 0.25) is 0 Å². The van der Waals surface area contributed by atoms with Gasteiger partial charge in [0.1, 0.15) is 17.3 Å². The third-order valence-electron chi connectivity index (χ3n) is 4.37. The summed E-state index contributed by atoms with van der Waals surface area (Å²) >= 11 is 0. The Kier molecular flexibility index (Phi) is 5.67. The van der Waals surface area contributed by atoms with Crippen LogP contribution >= 0.6 is 0 Å². The summed E-state index contributed by atoms with van der Waals surface area (Å²) in [4.78, 5) is 14.7. The lowest BCUT2D eigenvalue weighted by molar-refractivity contribution is 0.0939. The molecule has 0 saturated heterocycles. The van der Waals surface area contributed by atoms with Gasteiger partial charge in [0.15, 0.2) is 0 Å². The standard InChI is InChI=1S/C19H26N2O3/c1-12-13(2)24-14(3)18(12)19(22)20-11-16(21(4)5)15-9-7-8-10-17(15)23-6/h7-10,16H,11H2,1-6H3,(H,20,22). The lowest BCUT2D eigenvalue weighted by Crippen LogP contribution is -2.35. The molecule has 5 heteroatoms. The molecule has 0 radical (unpaired) electrons. The van der Waals surface area contributed by atoms with Gasteiger partial charge in [0, 0.05) is 17.7 Å². The Labute approximate surface area is 143 Å². The topological polar surface area (TPSA) is 54.7 Å². The number of aryl methyl sites for hydroxylation is 2. The number of carbonyl (C=O) groups is 1. The highest BCUT2D eigenvalue weighted by molar-refractivity contribution is 5.96. The van der Waals surface area contributed by atoms with E-state index in [4.69, 9.17) is 9.15 Å². The van der Waals surface area contributed by atoms with E-state index in [-0.39, 0.29) is 11.9 Å². The molecule has 1 heterocycles. The van der Waals surface area contributed by atoms with Gasteiger partial charge in [-0.2, -0.15) is 0 Å². The van der Waals surface area contributed by atoms with Gasteiger partial charge in [-0.3, -0.25) is 4.79 Å². The molecule has 1 aromatic heterocycles. The maximum Gasteiger partial charge on any atom is 0.255 e. The average molecular weight is 330 g/mol. The van der Waals surface area contributed by atoms with E-state index in [0.29, 0.717) is 17.9 Å². The number of methoxy groups -OCH3 is 1. The van der Waals surface area contributed by atoms with Gasteiger partial charge in [0.05, 0.1) is 18.7 Å². The number of rotatable bonds is 6. The number of furan rings is 1. The Morgan fingerprint density at radius 1 is 1.21 bits per heavy atom. The smallest absolute Gasteiger partial charge is 0.255 e. The van der Waals surface area contributed by atoms with Gasteiger partial charge in [-0.15, -0.1) is 0 Å². The molecule has 1 amide bonds. The van der Waals surface area contributed by atoms with E-state index in [2.05, 4.69) is 10.2 Å². The van der Waals surface area contributed by atoms with Crippen molar-refractivity contribution in [1.82, 2.24) is 10.2 Å². The van der Waals surface area contributed by atoms with Crippen LogP contribution < -0.4 is 10.1 Å². The van der Waals surface area contributed by atoms with Crippen molar-refractivity contribution in [3.63, 3.8) is 0 Å². The van der Waals surface area contributed by atoms with Gasteiger partial charge in [0.25, 0.3) is 5.91 Å². The van der Waals surface area contributed by atoms with Crippen molar-refractivity contribution in [1.29, 1.82) is 0 Å². The summed E-state index contributed by atoms with van der Waals surface area (Å²) in [6.07, 6.45) is 0.